The Balaban J connectivity index is 1.50. The van der Waals surface area contributed by atoms with E-state index in [0.29, 0.717) is 16.6 Å². The Hall–Kier alpha value is -3.59. The fourth-order valence-electron chi connectivity index (χ4n) is 2.69. The Kier molecular flexibility index (Phi) is 5.05. The molecular weight excluding hydrogens is 393 g/mol. The van der Waals surface area contributed by atoms with Crippen LogP contribution in [0.4, 0.5) is 9.52 Å². The van der Waals surface area contributed by atoms with E-state index >= 15 is 0 Å². The highest BCUT2D eigenvalue weighted by molar-refractivity contribution is 7.14. The Morgan fingerprint density at radius 1 is 1.10 bits per heavy atom. The number of rotatable bonds is 5. The van der Waals surface area contributed by atoms with E-state index in [1.54, 1.807) is 26.2 Å². The van der Waals surface area contributed by atoms with Crippen LogP contribution in [0.5, 0.6) is 5.75 Å². The van der Waals surface area contributed by atoms with Crippen molar-refractivity contribution < 1.29 is 13.9 Å². The number of halogens is 1. The third-order valence-electron chi connectivity index (χ3n) is 4.15. The number of aromatic nitrogens is 4. The Bertz CT molecular complexity index is 1150. The molecule has 2 aromatic carbocycles. The van der Waals surface area contributed by atoms with Crippen LogP contribution in [0.2, 0.25) is 0 Å². The van der Waals surface area contributed by atoms with E-state index in [2.05, 4.69) is 20.4 Å². The van der Waals surface area contributed by atoms with E-state index in [-0.39, 0.29) is 11.6 Å². The molecule has 0 aliphatic carbocycles. The van der Waals surface area contributed by atoms with Gasteiger partial charge in [-0.05, 0) is 55.5 Å². The SMILES string of the molecule is COc1ccc(-c2csc(NC(=O)c3nc(C)n(-c4ccc(F)cc4)n3)n2)cc1. The van der Waals surface area contributed by atoms with Gasteiger partial charge in [0.15, 0.2) is 5.13 Å². The number of methoxy groups -OCH3 is 1. The molecule has 2 heterocycles. The van der Waals surface area contributed by atoms with Gasteiger partial charge in [-0.15, -0.1) is 16.4 Å². The number of nitrogens with zero attached hydrogens (tertiary/aromatic N) is 4. The van der Waals surface area contributed by atoms with Gasteiger partial charge in [0.05, 0.1) is 18.5 Å². The standard InChI is InChI=1S/C20H16FN5O2S/c1-12-22-18(25-26(12)15-7-5-14(21)6-8-15)19(27)24-20-23-17(11-29-20)13-3-9-16(28-2)10-4-13/h3-11H,1-2H3,(H,23,24,27). The number of benzene rings is 2. The van der Waals surface area contributed by atoms with E-state index < -0.39 is 5.91 Å². The highest BCUT2D eigenvalue weighted by Crippen LogP contribution is 2.26. The van der Waals surface area contributed by atoms with Crippen LogP contribution < -0.4 is 10.1 Å². The molecule has 0 atom stereocenters. The van der Waals surface area contributed by atoms with Crippen molar-refractivity contribution in [2.45, 2.75) is 6.92 Å². The Morgan fingerprint density at radius 3 is 2.52 bits per heavy atom. The van der Waals surface area contributed by atoms with Crippen molar-refractivity contribution in [1.82, 2.24) is 19.7 Å². The van der Waals surface area contributed by atoms with Gasteiger partial charge in [-0.25, -0.2) is 19.0 Å². The maximum atomic E-state index is 13.1. The quantitative estimate of drug-likeness (QED) is 0.537. The van der Waals surface area contributed by atoms with Crippen LogP contribution in [0, 0.1) is 12.7 Å². The molecule has 1 N–H and O–H groups in total. The number of nitrogens with one attached hydrogen (secondary N) is 1. The first-order valence-electron chi connectivity index (χ1n) is 8.64. The molecule has 4 aromatic rings. The summed E-state index contributed by atoms with van der Waals surface area (Å²) in [6, 6.07) is 13.3. The van der Waals surface area contributed by atoms with Crippen molar-refractivity contribution in [3.63, 3.8) is 0 Å². The topological polar surface area (TPSA) is 81.9 Å². The number of amides is 1. The predicted molar refractivity (Wildman–Crippen MR) is 108 cm³/mol. The van der Waals surface area contributed by atoms with Crippen LogP contribution >= 0.6 is 11.3 Å². The lowest BCUT2D eigenvalue weighted by atomic mass is 10.2. The minimum absolute atomic E-state index is 0.00743. The minimum Gasteiger partial charge on any atom is -0.497 e. The monoisotopic (exact) mass is 409 g/mol. The fraction of sp³-hybridized carbons (Fsp3) is 0.100. The molecule has 4 rings (SSSR count). The van der Waals surface area contributed by atoms with Crippen molar-refractivity contribution >= 4 is 22.4 Å². The smallest absolute Gasteiger partial charge is 0.297 e. The maximum Gasteiger partial charge on any atom is 0.297 e. The van der Waals surface area contributed by atoms with E-state index in [9.17, 15) is 9.18 Å². The molecule has 9 heteroatoms. The summed E-state index contributed by atoms with van der Waals surface area (Å²) in [6.45, 7) is 1.72. The normalized spacial score (nSPS) is 10.7. The van der Waals surface area contributed by atoms with E-state index in [1.165, 1.54) is 28.2 Å². The second-order valence-electron chi connectivity index (χ2n) is 6.09. The largest absolute Gasteiger partial charge is 0.497 e. The van der Waals surface area contributed by atoms with Crippen molar-refractivity contribution in [3.05, 3.63) is 71.4 Å². The van der Waals surface area contributed by atoms with Crippen LogP contribution in [0.3, 0.4) is 0 Å². The highest BCUT2D eigenvalue weighted by atomic mass is 32.1. The number of hydrogen-bond acceptors (Lipinski definition) is 6. The summed E-state index contributed by atoms with van der Waals surface area (Å²) in [5, 5.41) is 9.24. The molecule has 7 nitrogen and oxygen atoms in total. The molecule has 0 radical (unpaired) electrons. The average Bonchev–Trinajstić information content (AvgIpc) is 3.35. The lowest BCUT2D eigenvalue weighted by Crippen LogP contribution is -2.14. The van der Waals surface area contributed by atoms with Crippen LogP contribution in [0.1, 0.15) is 16.4 Å². The molecule has 0 saturated heterocycles. The third-order valence-corrected chi connectivity index (χ3v) is 4.91. The number of anilines is 1. The first kappa shape index (κ1) is 18.8. The van der Waals surface area contributed by atoms with Crippen LogP contribution in [-0.4, -0.2) is 32.8 Å². The maximum absolute atomic E-state index is 13.1. The highest BCUT2D eigenvalue weighted by Gasteiger charge is 2.17. The molecule has 0 spiro atoms. The van der Waals surface area contributed by atoms with Gasteiger partial charge < -0.3 is 4.74 Å². The van der Waals surface area contributed by atoms with Crippen LogP contribution in [0.15, 0.2) is 53.9 Å². The molecule has 0 saturated carbocycles. The minimum atomic E-state index is -0.468. The summed E-state index contributed by atoms with van der Waals surface area (Å²) >= 11 is 1.31. The zero-order valence-corrected chi connectivity index (χ0v) is 16.4. The lowest BCUT2D eigenvalue weighted by molar-refractivity contribution is 0.101. The van der Waals surface area contributed by atoms with Crippen molar-refractivity contribution in [2.24, 2.45) is 0 Å². The third kappa shape index (κ3) is 3.99. The first-order valence-corrected chi connectivity index (χ1v) is 9.52. The van der Waals surface area contributed by atoms with Crippen LogP contribution in [-0.2, 0) is 0 Å². The van der Waals surface area contributed by atoms with Gasteiger partial charge in [0.25, 0.3) is 5.91 Å². The summed E-state index contributed by atoms with van der Waals surface area (Å²) in [5.41, 5.74) is 2.28. The molecule has 0 fully saturated rings. The second kappa shape index (κ2) is 7.80. The summed E-state index contributed by atoms with van der Waals surface area (Å²) in [7, 11) is 1.61. The number of thiazole rings is 1. The van der Waals surface area contributed by atoms with Crippen molar-refractivity contribution in [2.75, 3.05) is 12.4 Å². The van der Waals surface area contributed by atoms with Gasteiger partial charge in [0.1, 0.15) is 17.4 Å². The van der Waals surface area contributed by atoms with Gasteiger partial charge in [-0.3, -0.25) is 10.1 Å². The molecule has 0 aliphatic rings. The summed E-state index contributed by atoms with van der Waals surface area (Å²) in [5.74, 6) is 0.467. The van der Waals surface area contributed by atoms with Crippen LogP contribution in [0.25, 0.3) is 16.9 Å². The molecular formula is C20H16FN5O2S. The summed E-state index contributed by atoms with van der Waals surface area (Å²) in [6.07, 6.45) is 0. The van der Waals surface area contributed by atoms with Gasteiger partial charge in [-0.1, -0.05) is 0 Å². The second-order valence-corrected chi connectivity index (χ2v) is 6.95. The Labute approximate surface area is 169 Å². The molecule has 29 heavy (non-hydrogen) atoms. The number of carbonyl (C=O) groups excluding carboxylic acids is 1. The van der Waals surface area contributed by atoms with Gasteiger partial charge >= 0.3 is 0 Å². The molecule has 2 aromatic heterocycles. The molecule has 146 valence electrons. The Morgan fingerprint density at radius 2 is 1.83 bits per heavy atom. The van der Waals surface area contributed by atoms with Gasteiger partial charge in [0, 0.05) is 10.9 Å². The number of carbonyl (C=O) groups is 1. The van der Waals surface area contributed by atoms with E-state index in [1.807, 2.05) is 29.6 Å². The number of ether oxygens (including phenoxy) is 1. The zero-order chi connectivity index (χ0) is 20.4. The van der Waals surface area contributed by atoms with Gasteiger partial charge in [0.2, 0.25) is 5.82 Å². The van der Waals surface area contributed by atoms with E-state index in [0.717, 1.165) is 17.0 Å². The van der Waals surface area contributed by atoms with Gasteiger partial charge in [-0.2, -0.15) is 0 Å². The summed E-state index contributed by atoms with van der Waals surface area (Å²) in [4.78, 5) is 21.2. The van der Waals surface area contributed by atoms with Crippen molar-refractivity contribution in [3.8, 4) is 22.7 Å². The number of aryl methyl sites for hydroxylation is 1. The lowest BCUT2D eigenvalue weighted by Gasteiger charge is -2.02. The van der Waals surface area contributed by atoms with Crippen molar-refractivity contribution in [1.29, 1.82) is 0 Å². The molecule has 0 aliphatic heterocycles. The zero-order valence-electron chi connectivity index (χ0n) is 15.6. The average molecular weight is 409 g/mol. The predicted octanol–water partition coefficient (Wildman–Crippen LogP) is 4.10. The molecule has 0 bridgehead atoms. The molecule has 1 amide bonds. The summed E-state index contributed by atoms with van der Waals surface area (Å²) < 4.78 is 19.8. The van der Waals surface area contributed by atoms with E-state index in [4.69, 9.17) is 4.74 Å². The molecule has 0 unspecified atom stereocenters. The fourth-order valence-corrected chi connectivity index (χ4v) is 3.41. The first-order chi connectivity index (χ1) is 14.0. The number of hydrogen-bond donors (Lipinski definition) is 1.